The molecule has 1 aromatic carbocycles. The summed E-state index contributed by atoms with van der Waals surface area (Å²) < 4.78 is 28.9. The largest absolute Gasteiger partial charge is 0.323 e. The number of thioether (sulfide) groups is 1. The van der Waals surface area contributed by atoms with Crippen LogP contribution in [-0.4, -0.2) is 21.2 Å². The lowest BCUT2D eigenvalue weighted by molar-refractivity contribution is -0.113. The number of carbonyl (C=O) groups is 1. The molecule has 26 heavy (non-hydrogen) atoms. The number of nitrogens with zero attached hydrogens (tertiary/aromatic N) is 2. The summed E-state index contributed by atoms with van der Waals surface area (Å²) in [6.07, 6.45) is 0.743. The van der Waals surface area contributed by atoms with Crippen molar-refractivity contribution < 1.29 is 13.6 Å². The first-order valence-corrected chi connectivity index (χ1v) is 9.72. The lowest BCUT2D eigenvalue weighted by Gasteiger charge is -2.11. The third kappa shape index (κ3) is 3.94. The number of hydrogen-bond donors (Lipinski definition) is 1. The van der Waals surface area contributed by atoms with Crippen molar-refractivity contribution in [2.75, 3.05) is 11.1 Å². The van der Waals surface area contributed by atoms with Gasteiger partial charge in [-0.25, -0.2) is 13.8 Å². The maximum Gasteiger partial charge on any atom is 0.272 e. The molecule has 3 rings (SSSR count). The molecule has 0 saturated carbocycles. The Morgan fingerprint density at radius 1 is 1.35 bits per heavy atom. The summed E-state index contributed by atoms with van der Waals surface area (Å²) in [4.78, 5) is 29.1. The first-order valence-electron chi connectivity index (χ1n) is 7.85. The second-order valence-electron chi connectivity index (χ2n) is 5.45. The highest BCUT2D eigenvalue weighted by atomic mass is 32.2. The third-order valence-electron chi connectivity index (χ3n) is 3.51. The monoisotopic (exact) mass is 395 g/mol. The van der Waals surface area contributed by atoms with Crippen molar-refractivity contribution in [3.8, 4) is 0 Å². The van der Waals surface area contributed by atoms with Crippen molar-refractivity contribution in [3.63, 3.8) is 0 Å². The number of thiophene rings is 1. The van der Waals surface area contributed by atoms with E-state index in [1.54, 1.807) is 16.0 Å². The first-order chi connectivity index (χ1) is 12.5. The van der Waals surface area contributed by atoms with Gasteiger partial charge in [0.1, 0.15) is 16.3 Å². The van der Waals surface area contributed by atoms with Gasteiger partial charge in [0.05, 0.1) is 17.0 Å². The lowest BCUT2D eigenvalue weighted by atomic mass is 10.3. The maximum absolute atomic E-state index is 13.6. The molecule has 136 valence electrons. The van der Waals surface area contributed by atoms with E-state index in [1.807, 2.05) is 6.92 Å². The van der Waals surface area contributed by atoms with Crippen LogP contribution in [0.2, 0.25) is 0 Å². The number of halogens is 2. The fraction of sp³-hybridized carbons (Fsp3) is 0.235. The molecule has 0 bridgehead atoms. The predicted molar refractivity (Wildman–Crippen MR) is 99.9 cm³/mol. The molecule has 0 radical (unpaired) electrons. The van der Waals surface area contributed by atoms with Gasteiger partial charge in [-0.05, 0) is 30.0 Å². The zero-order chi connectivity index (χ0) is 18.7. The van der Waals surface area contributed by atoms with Crippen molar-refractivity contribution in [1.82, 2.24) is 9.55 Å². The van der Waals surface area contributed by atoms with Crippen LogP contribution >= 0.6 is 23.1 Å². The summed E-state index contributed by atoms with van der Waals surface area (Å²) in [5.74, 6) is -1.95. The van der Waals surface area contributed by atoms with Crippen LogP contribution in [0.15, 0.2) is 39.6 Å². The summed E-state index contributed by atoms with van der Waals surface area (Å²) in [6, 6.07) is 4.59. The van der Waals surface area contributed by atoms with Gasteiger partial charge in [0.25, 0.3) is 5.56 Å². The highest BCUT2D eigenvalue weighted by molar-refractivity contribution is 7.99. The zero-order valence-electron chi connectivity index (χ0n) is 13.8. The molecule has 0 spiro atoms. The molecule has 0 atom stereocenters. The molecular formula is C17H15F2N3O2S2. The van der Waals surface area contributed by atoms with Gasteiger partial charge in [-0.1, -0.05) is 18.7 Å². The minimum absolute atomic E-state index is 0.0816. The number of carbonyl (C=O) groups excluding carboxylic acids is 1. The van der Waals surface area contributed by atoms with E-state index < -0.39 is 17.5 Å². The van der Waals surface area contributed by atoms with E-state index >= 15 is 0 Å². The topological polar surface area (TPSA) is 64.0 Å². The van der Waals surface area contributed by atoms with Crippen LogP contribution in [0.4, 0.5) is 14.5 Å². The fourth-order valence-electron chi connectivity index (χ4n) is 2.36. The van der Waals surface area contributed by atoms with Crippen LogP contribution in [0.1, 0.15) is 13.3 Å². The van der Waals surface area contributed by atoms with Crippen molar-refractivity contribution in [2.45, 2.75) is 25.0 Å². The Labute approximate surface area is 156 Å². The van der Waals surface area contributed by atoms with Gasteiger partial charge < -0.3 is 5.32 Å². The molecule has 9 heteroatoms. The van der Waals surface area contributed by atoms with E-state index in [9.17, 15) is 18.4 Å². The molecule has 3 aromatic rings. The quantitative estimate of drug-likeness (QED) is 0.508. The molecule has 5 nitrogen and oxygen atoms in total. The molecule has 0 aliphatic carbocycles. The van der Waals surface area contributed by atoms with E-state index in [2.05, 4.69) is 10.3 Å². The Morgan fingerprint density at radius 2 is 2.15 bits per heavy atom. The Hall–Kier alpha value is -2.26. The van der Waals surface area contributed by atoms with Crippen LogP contribution in [0.5, 0.6) is 0 Å². The molecule has 0 aliphatic rings. The summed E-state index contributed by atoms with van der Waals surface area (Å²) in [6.45, 7) is 2.43. The van der Waals surface area contributed by atoms with E-state index in [-0.39, 0.29) is 17.0 Å². The Kier molecular flexibility index (Phi) is 5.67. The molecule has 0 unspecified atom stereocenters. The Balaban J connectivity index is 1.78. The number of aromatic nitrogens is 2. The van der Waals surface area contributed by atoms with E-state index in [4.69, 9.17) is 0 Å². The number of hydrogen-bond acceptors (Lipinski definition) is 5. The fourth-order valence-corrected chi connectivity index (χ4v) is 3.97. The zero-order valence-corrected chi connectivity index (χ0v) is 15.4. The van der Waals surface area contributed by atoms with Gasteiger partial charge in [0.15, 0.2) is 5.16 Å². The van der Waals surface area contributed by atoms with Crippen molar-refractivity contribution in [1.29, 1.82) is 0 Å². The first kappa shape index (κ1) is 18.5. The van der Waals surface area contributed by atoms with Gasteiger partial charge in [0.2, 0.25) is 5.91 Å². The van der Waals surface area contributed by atoms with Crippen LogP contribution in [0.25, 0.3) is 10.2 Å². The van der Waals surface area contributed by atoms with Crippen LogP contribution < -0.4 is 10.9 Å². The Morgan fingerprint density at radius 3 is 2.92 bits per heavy atom. The van der Waals surface area contributed by atoms with Crippen molar-refractivity contribution in [3.05, 3.63) is 51.6 Å². The predicted octanol–water partition coefficient (Wildman–Crippen LogP) is 3.88. The molecule has 0 saturated heterocycles. The van der Waals surface area contributed by atoms with Crippen LogP contribution in [-0.2, 0) is 11.3 Å². The summed E-state index contributed by atoms with van der Waals surface area (Å²) in [5.41, 5.74) is 0.236. The number of amides is 1. The molecule has 2 heterocycles. The highest BCUT2D eigenvalue weighted by Crippen LogP contribution is 2.22. The molecule has 1 amide bonds. The van der Waals surface area contributed by atoms with E-state index in [0.29, 0.717) is 21.9 Å². The van der Waals surface area contributed by atoms with Gasteiger partial charge in [-0.3, -0.25) is 14.2 Å². The SMILES string of the molecule is CCCn1c(SCC(=O)Nc2cc(F)ccc2F)nc2ccsc2c1=O. The maximum atomic E-state index is 13.6. The molecule has 0 aliphatic heterocycles. The summed E-state index contributed by atoms with van der Waals surface area (Å²) in [7, 11) is 0. The van der Waals surface area contributed by atoms with Crippen molar-refractivity contribution in [2.24, 2.45) is 0 Å². The normalized spacial score (nSPS) is 11.0. The van der Waals surface area contributed by atoms with Crippen LogP contribution in [0.3, 0.4) is 0 Å². The second-order valence-corrected chi connectivity index (χ2v) is 7.31. The third-order valence-corrected chi connectivity index (χ3v) is 5.38. The number of anilines is 1. The number of benzene rings is 1. The molecule has 2 aromatic heterocycles. The second kappa shape index (κ2) is 7.96. The summed E-state index contributed by atoms with van der Waals surface area (Å²) in [5, 5.41) is 4.55. The van der Waals surface area contributed by atoms with Gasteiger partial charge in [-0.15, -0.1) is 11.3 Å². The van der Waals surface area contributed by atoms with Gasteiger partial charge in [-0.2, -0.15) is 0 Å². The van der Waals surface area contributed by atoms with Crippen LogP contribution in [0, 0.1) is 11.6 Å². The molecule has 1 N–H and O–H groups in total. The number of nitrogens with one attached hydrogen (secondary N) is 1. The highest BCUT2D eigenvalue weighted by Gasteiger charge is 2.14. The average molecular weight is 395 g/mol. The minimum atomic E-state index is -0.717. The average Bonchev–Trinajstić information content (AvgIpc) is 3.08. The standard InChI is InChI=1S/C17H15F2N3O2S2/c1-2-6-22-16(24)15-12(5-7-25-15)21-17(22)26-9-14(23)20-13-8-10(18)3-4-11(13)19/h3-5,7-8H,2,6,9H2,1H3,(H,20,23). The minimum Gasteiger partial charge on any atom is -0.323 e. The smallest absolute Gasteiger partial charge is 0.272 e. The lowest BCUT2D eigenvalue weighted by Crippen LogP contribution is -2.23. The summed E-state index contributed by atoms with van der Waals surface area (Å²) >= 11 is 2.42. The molecular weight excluding hydrogens is 380 g/mol. The van der Waals surface area contributed by atoms with E-state index in [1.165, 1.54) is 11.3 Å². The Bertz CT molecular complexity index is 1020. The number of rotatable bonds is 6. The van der Waals surface area contributed by atoms with E-state index in [0.717, 1.165) is 36.4 Å². The number of fused-ring (bicyclic) bond motifs is 1. The molecule has 0 fully saturated rings. The van der Waals surface area contributed by atoms with Gasteiger partial charge in [0, 0.05) is 12.6 Å². The van der Waals surface area contributed by atoms with Gasteiger partial charge >= 0.3 is 0 Å². The van der Waals surface area contributed by atoms with Crippen molar-refractivity contribution >= 4 is 44.9 Å².